The second-order valence-electron chi connectivity index (χ2n) is 7.07. The third-order valence-electron chi connectivity index (χ3n) is 5.17. The van der Waals surface area contributed by atoms with Gasteiger partial charge in [0.2, 0.25) is 0 Å². The van der Waals surface area contributed by atoms with Crippen LogP contribution in [0.15, 0.2) is 48.5 Å². The van der Waals surface area contributed by atoms with Crippen LogP contribution in [0.3, 0.4) is 0 Å². The third kappa shape index (κ3) is 4.51. The molecule has 0 saturated carbocycles. The fraction of sp³-hybridized carbons (Fsp3) is 0.364. The lowest BCUT2D eigenvalue weighted by Gasteiger charge is -2.33. The zero-order valence-electron chi connectivity index (χ0n) is 16.2. The SMILES string of the molecule is COc1cccc(C(O)C(=O)N2CCC(NC(=O)c3ccccc3C)CC2)c1. The van der Waals surface area contributed by atoms with Gasteiger partial charge in [-0.05, 0) is 49.1 Å². The molecule has 1 unspecified atom stereocenters. The number of carbonyl (C=O) groups excluding carboxylic acids is 2. The topological polar surface area (TPSA) is 78.9 Å². The van der Waals surface area contributed by atoms with Gasteiger partial charge in [-0.3, -0.25) is 9.59 Å². The molecule has 2 N–H and O–H groups in total. The van der Waals surface area contributed by atoms with Crippen LogP contribution in [0.2, 0.25) is 0 Å². The van der Waals surface area contributed by atoms with Gasteiger partial charge in [0.05, 0.1) is 7.11 Å². The molecule has 148 valence electrons. The van der Waals surface area contributed by atoms with E-state index in [1.807, 2.05) is 31.2 Å². The normalized spacial score (nSPS) is 15.8. The lowest BCUT2D eigenvalue weighted by molar-refractivity contribution is -0.141. The largest absolute Gasteiger partial charge is 0.497 e. The molecule has 1 aliphatic heterocycles. The average Bonchev–Trinajstić information content (AvgIpc) is 2.73. The van der Waals surface area contributed by atoms with Crippen LogP contribution in [-0.4, -0.2) is 48.1 Å². The molecule has 6 heteroatoms. The summed E-state index contributed by atoms with van der Waals surface area (Å²) in [5.41, 5.74) is 2.13. The highest BCUT2D eigenvalue weighted by atomic mass is 16.5. The molecule has 0 radical (unpaired) electrons. The lowest BCUT2D eigenvalue weighted by atomic mass is 10.0. The molecule has 1 saturated heterocycles. The number of likely N-dealkylation sites (tertiary alicyclic amines) is 1. The summed E-state index contributed by atoms with van der Waals surface area (Å²) in [4.78, 5) is 26.8. The summed E-state index contributed by atoms with van der Waals surface area (Å²) in [6, 6.07) is 14.4. The van der Waals surface area contributed by atoms with Crippen molar-refractivity contribution < 1.29 is 19.4 Å². The maximum absolute atomic E-state index is 12.6. The van der Waals surface area contributed by atoms with Gasteiger partial charge < -0.3 is 20.1 Å². The number of nitrogens with one attached hydrogen (secondary N) is 1. The summed E-state index contributed by atoms with van der Waals surface area (Å²) in [5, 5.41) is 13.5. The molecule has 1 heterocycles. The Morgan fingerprint density at radius 3 is 2.54 bits per heavy atom. The van der Waals surface area contributed by atoms with E-state index in [4.69, 9.17) is 4.74 Å². The first kappa shape index (κ1) is 19.9. The number of methoxy groups -OCH3 is 1. The molecule has 0 bridgehead atoms. The molecule has 1 atom stereocenters. The number of aliphatic hydroxyl groups is 1. The highest BCUT2D eigenvalue weighted by Gasteiger charge is 2.29. The lowest BCUT2D eigenvalue weighted by Crippen LogP contribution is -2.47. The number of nitrogens with zero attached hydrogens (tertiary/aromatic N) is 1. The molecule has 2 amide bonds. The Morgan fingerprint density at radius 1 is 1.14 bits per heavy atom. The molecule has 0 spiro atoms. The van der Waals surface area contributed by atoms with Gasteiger partial charge in [-0.15, -0.1) is 0 Å². The molecule has 2 aromatic carbocycles. The van der Waals surface area contributed by atoms with Gasteiger partial charge in [0.25, 0.3) is 11.8 Å². The Kier molecular flexibility index (Phi) is 6.31. The van der Waals surface area contributed by atoms with Crippen LogP contribution in [0, 0.1) is 6.92 Å². The maximum atomic E-state index is 12.6. The fourth-order valence-electron chi connectivity index (χ4n) is 3.46. The second-order valence-corrected chi connectivity index (χ2v) is 7.07. The van der Waals surface area contributed by atoms with Crippen molar-refractivity contribution in [2.45, 2.75) is 31.9 Å². The van der Waals surface area contributed by atoms with Crippen LogP contribution >= 0.6 is 0 Å². The molecular weight excluding hydrogens is 356 g/mol. The molecule has 2 aromatic rings. The quantitative estimate of drug-likeness (QED) is 0.833. The van der Waals surface area contributed by atoms with Gasteiger partial charge in [0, 0.05) is 24.7 Å². The van der Waals surface area contributed by atoms with Crippen LogP contribution < -0.4 is 10.1 Å². The van der Waals surface area contributed by atoms with Gasteiger partial charge in [0.15, 0.2) is 6.10 Å². The summed E-state index contributed by atoms with van der Waals surface area (Å²) in [5.74, 6) is 0.193. The first-order valence-corrected chi connectivity index (χ1v) is 9.47. The van der Waals surface area contributed by atoms with Crippen molar-refractivity contribution in [3.63, 3.8) is 0 Å². The predicted molar refractivity (Wildman–Crippen MR) is 106 cm³/mol. The van der Waals surface area contributed by atoms with E-state index in [0.29, 0.717) is 42.8 Å². The number of carbonyl (C=O) groups is 2. The minimum absolute atomic E-state index is 0.0186. The Bertz CT molecular complexity index is 844. The third-order valence-corrected chi connectivity index (χ3v) is 5.17. The van der Waals surface area contributed by atoms with Gasteiger partial charge >= 0.3 is 0 Å². The smallest absolute Gasteiger partial charge is 0.256 e. The Labute approximate surface area is 165 Å². The maximum Gasteiger partial charge on any atom is 0.256 e. The van der Waals surface area contributed by atoms with E-state index in [-0.39, 0.29) is 17.9 Å². The van der Waals surface area contributed by atoms with Crippen LogP contribution in [-0.2, 0) is 4.79 Å². The fourth-order valence-corrected chi connectivity index (χ4v) is 3.46. The number of aliphatic hydroxyl groups excluding tert-OH is 1. The summed E-state index contributed by atoms with van der Waals surface area (Å²) < 4.78 is 5.15. The van der Waals surface area contributed by atoms with Crippen LogP contribution in [0.4, 0.5) is 0 Å². The van der Waals surface area contributed by atoms with Crippen molar-refractivity contribution >= 4 is 11.8 Å². The van der Waals surface area contributed by atoms with Crippen LogP contribution in [0.5, 0.6) is 5.75 Å². The van der Waals surface area contributed by atoms with Crippen molar-refractivity contribution in [1.82, 2.24) is 10.2 Å². The number of ether oxygens (including phenoxy) is 1. The van der Waals surface area contributed by atoms with E-state index in [1.54, 1.807) is 36.3 Å². The zero-order valence-corrected chi connectivity index (χ0v) is 16.2. The van der Waals surface area contributed by atoms with Crippen molar-refractivity contribution in [2.24, 2.45) is 0 Å². The van der Waals surface area contributed by atoms with E-state index in [2.05, 4.69) is 5.32 Å². The first-order valence-electron chi connectivity index (χ1n) is 9.47. The average molecular weight is 382 g/mol. The Balaban J connectivity index is 1.55. The van der Waals surface area contributed by atoms with E-state index in [0.717, 1.165) is 5.56 Å². The number of aryl methyl sites for hydroxylation is 1. The highest BCUT2D eigenvalue weighted by molar-refractivity contribution is 5.95. The monoisotopic (exact) mass is 382 g/mol. The summed E-state index contributed by atoms with van der Waals surface area (Å²) >= 11 is 0. The number of piperidine rings is 1. The molecule has 28 heavy (non-hydrogen) atoms. The Hall–Kier alpha value is -2.86. The first-order chi connectivity index (χ1) is 13.5. The highest BCUT2D eigenvalue weighted by Crippen LogP contribution is 2.22. The molecular formula is C22H26N2O4. The molecule has 1 aliphatic rings. The standard InChI is InChI=1S/C22H26N2O4/c1-15-6-3-4-9-19(15)21(26)23-17-10-12-24(13-11-17)22(27)20(25)16-7-5-8-18(14-16)28-2/h3-9,14,17,20,25H,10-13H2,1-2H3,(H,23,26). The summed E-state index contributed by atoms with van der Waals surface area (Å²) in [6.45, 7) is 2.91. The van der Waals surface area contributed by atoms with Crippen molar-refractivity contribution in [2.75, 3.05) is 20.2 Å². The number of hydrogen-bond acceptors (Lipinski definition) is 4. The molecule has 1 fully saturated rings. The molecule has 0 aromatic heterocycles. The number of rotatable bonds is 5. The predicted octanol–water partition coefficient (Wildman–Crippen LogP) is 2.46. The molecule has 6 nitrogen and oxygen atoms in total. The van der Waals surface area contributed by atoms with E-state index in [9.17, 15) is 14.7 Å². The van der Waals surface area contributed by atoms with Crippen molar-refractivity contribution in [1.29, 1.82) is 0 Å². The van der Waals surface area contributed by atoms with Crippen molar-refractivity contribution in [3.8, 4) is 5.75 Å². The molecule has 0 aliphatic carbocycles. The van der Waals surface area contributed by atoms with Crippen LogP contribution in [0.25, 0.3) is 0 Å². The second kappa shape index (κ2) is 8.89. The van der Waals surface area contributed by atoms with E-state index < -0.39 is 6.10 Å². The van der Waals surface area contributed by atoms with Crippen LogP contribution in [0.1, 0.15) is 40.4 Å². The Morgan fingerprint density at radius 2 is 1.86 bits per heavy atom. The van der Waals surface area contributed by atoms with Gasteiger partial charge in [-0.2, -0.15) is 0 Å². The van der Waals surface area contributed by atoms with Gasteiger partial charge in [0.1, 0.15) is 5.75 Å². The van der Waals surface area contributed by atoms with E-state index >= 15 is 0 Å². The molecule has 3 rings (SSSR count). The van der Waals surface area contributed by atoms with Gasteiger partial charge in [-0.1, -0.05) is 30.3 Å². The minimum atomic E-state index is -1.21. The number of benzene rings is 2. The summed E-state index contributed by atoms with van der Waals surface area (Å²) in [7, 11) is 1.54. The van der Waals surface area contributed by atoms with Gasteiger partial charge in [-0.25, -0.2) is 0 Å². The number of amides is 2. The van der Waals surface area contributed by atoms with Crippen molar-refractivity contribution in [3.05, 3.63) is 65.2 Å². The number of hydrogen-bond donors (Lipinski definition) is 2. The summed E-state index contributed by atoms with van der Waals surface area (Å²) in [6.07, 6.45) is 0.107. The minimum Gasteiger partial charge on any atom is -0.497 e. The van der Waals surface area contributed by atoms with E-state index in [1.165, 1.54) is 0 Å². The zero-order chi connectivity index (χ0) is 20.1.